The number of aromatic hydroxyl groups is 1. The predicted octanol–water partition coefficient (Wildman–Crippen LogP) is 3.13. The molecule has 0 fully saturated rings. The van der Waals surface area contributed by atoms with E-state index in [1.807, 2.05) is 6.07 Å². The first-order chi connectivity index (χ1) is 15.3. The van der Waals surface area contributed by atoms with Crippen LogP contribution in [0.25, 0.3) is 0 Å². The summed E-state index contributed by atoms with van der Waals surface area (Å²) in [5, 5.41) is 13.9. The number of hydrogen-bond acceptors (Lipinski definition) is 6. The Morgan fingerprint density at radius 3 is 2.38 bits per heavy atom. The van der Waals surface area contributed by atoms with Gasteiger partial charge in [0.1, 0.15) is 0 Å². The second-order valence-corrected chi connectivity index (χ2v) is 8.81. The molecule has 0 aromatic heterocycles. The molecule has 0 aliphatic rings. The van der Waals surface area contributed by atoms with Crippen LogP contribution in [0.2, 0.25) is 0 Å². The normalized spacial score (nSPS) is 11.3. The second kappa shape index (κ2) is 9.97. The Balaban J connectivity index is 1.68. The van der Waals surface area contributed by atoms with Crippen LogP contribution in [0.3, 0.4) is 0 Å². The van der Waals surface area contributed by atoms with E-state index in [1.54, 1.807) is 66.7 Å². The van der Waals surface area contributed by atoms with Crippen molar-refractivity contribution in [2.24, 2.45) is 5.10 Å². The fourth-order valence-corrected chi connectivity index (χ4v) is 3.84. The summed E-state index contributed by atoms with van der Waals surface area (Å²) in [7, 11) is -2.04. The van der Waals surface area contributed by atoms with Gasteiger partial charge in [-0.25, -0.2) is 13.8 Å². The molecule has 166 valence electrons. The Kier molecular flexibility index (Phi) is 7.11. The van der Waals surface area contributed by atoms with Crippen molar-refractivity contribution in [2.45, 2.75) is 6.54 Å². The molecule has 0 atom stereocenters. The van der Waals surface area contributed by atoms with Crippen molar-refractivity contribution in [3.05, 3.63) is 89.5 Å². The minimum Gasteiger partial charge on any atom is -0.504 e. The summed E-state index contributed by atoms with van der Waals surface area (Å²) in [6.45, 7) is 0.137. The van der Waals surface area contributed by atoms with Gasteiger partial charge in [-0.05, 0) is 42.0 Å². The number of rotatable bonds is 8. The molecule has 1 amide bonds. The summed E-state index contributed by atoms with van der Waals surface area (Å²) in [5.74, 6) is -0.223. The van der Waals surface area contributed by atoms with Gasteiger partial charge >= 0.3 is 0 Å². The summed E-state index contributed by atoms with van der Waals surface area (Å²) in [5.41, 5.74) is 4.42. The van der Waals surface area contributed by atoms with E-state index < -0.39 is 15.9 Å². The second-order valence-electron chi connectivity index (χ2n) is 6.90. The van der Waals surface area contributed by atoms with Crippen LogP contribution in [0.5, 0.6) is 11.5 Å². The van der Waals surface area contributed by atoms with Gasteiger partial charge in [0.05, 0.1) is 31.8 Å². The van der Waals surface area contributed by atoms with Crippen LogP contribution < -0.4 is 14.5 Å². The van der Waals surface area contributed by atoms with Crippen molar-refractivity contribution in [2.75, 3.05) is 17.7 Å². The number of amides is 1. The molecule has 0 bridgehead atoms. The molecule has 0 radical (unpaired) electrons. The number of methoxy groups -OCH3 is 1. The van der Waals surface area contributed by atoms with E-state index in [2.05, 4.69) is 10.5 Å². The van der Waals surface area contributed by atoms with Crippen molar-refractivity contribution >= 4 is 27.8 Å². The van der Waals surface area contributed by atoms with E-state index in [0.29, 0.717) is 22.6 Å². The summed E-state index contributed by atoms with van der Waals surface area (Å²) >= 11 is 0. The van der Waals surface area contributed by atoms with Crippen LogP contribution in [-0.4, -0.2) is 39.0 Å². The van der Waals surface area contributed by atoms with Crippen LogP contribution in [0.1, 0.15) is 21.5 Å². The number of para-hydroxylation sites is 2. The molecule has 0 spiro atoms. The molecule has 0 aliphatic heterocycles. The standard InChI is InChI=1S/C23H23N3O5S/c1-31-21-10-6-7-19(22(21)27)15-24-25-23(28)18-13-11-17(12-14-18)16-26(32(2,29)30)20-8-4-3-5-9-20/h3-15,27H,16H2,1-2H3,(H,25,28)/b24-15-. The Bertz CT molecular complexity index is 1210. The topological polar surface area (TPSA) is 108 Å². The van der Waals surface area contributed by atoms with E-state index in [0.717, 1.165) is 11.8 Å². The average Bonchev–Trinajstić information content (AvgIpc) is 2.78. The zero-order chi connectivity index (χ0) is 23.1. The number of carbonyl (C=O) groups excluding carboxylic acids is 1. The van der Waals surface area contributed by atoms with Gasteiger partial charge in [-0.1, -0.05) is 36.4 Å². The van der Waals surface area contributed by atoms with Gasteiger partial charge in [-0.3, -0.25) is 9.10 Å². The number of sulfonamides is 1. The molecule has 8 nitrogen and oxygen atoms in total. The Hall–Kier alpha value is -3.85. The first-order valence-electron chi connectivity index (χ1n) is 9.60. The van der Waals surface area contributed by atoms with Crippen molar-refractivity contribution < 1.29 is 23.1 Å². The van der Waals surface area contributed by atoms with Gasteiger partial charge in [0.2, 0.25) is 10.0 Å². The largest absolute Gasteiger partial charge is 0.504 e. The minimum atomic E-state index is -3.48. The van der Waals surface area contributed by atoms with Gasteiger partial charge in [-0.15, -0.1) is 0 Å². The molecule has 0 heterocycles. The highest BCUT2D eigenvalue weighted by molar-refractivity contribution is 7.92. The Labute approximate surface area is 186 Å². The van der Waals surface area contributed by atoms with E-state index in [4.69, 9.17) is 4.74 Å². The third-order valence-electron chi connectivity index (χ3n) is 4.61. The summed E-state index contributed by atoms with van der Waals surface area (Å²) in [6, 6.07) is 20.3. The summed E-state index contributed by atoms with van der Waals surface area (Å²) < 4.78 is 30.8. The minimum absolute atomic E-state index is 0.0776. The van der Waals surface area contributed by atoms with Gasteiger partial charge in [-0.2, -0.15) is 5.10 Å². The van der Waals surface area contributed by atoms with E-state index in [9.17, 15) is 18.3 Å². The van der Waals surface area contributed by atoms with Crippen molar-refractivity contribution in [1.82, 2.24) is 5.43 Å². The lowest BCUT2D eigenvalue weighted by atomic mass is 10.1. The molecule has 3 rings (SSSR count). The summed E-state index contributed by atoms with van der Waals surface area (Å²) in [6.07, 6.45) is 2.47. The lowest BCUT2D eigenvalue weighted by Gasteiger charge is -2.22. The zero-order valence-electron chi connectivity index (χ0n) is 17.6. The highest BCUT2D eigenvalue weighted by Gasteiger charge is 2.17. The maximum atomic E-state index is 12.3. The number of phenolic OH excluding ortho intramolecular Hbond substituents is 1. The lowest BCUT2D eigenvalue weighted by Crippen LogP contribution is -2.29. The monoisotopic (exact) mass is 453 g/mol. The van der Waals surface area contributed by atoms with Crippen LogP contribution in [0, 0.1) is 0 Å². The maximum Gasteiger partial charge on any atom is 0.271 e. The van der Waals surface area contributed by atoms with E-state index in [1.165, 1.54) is 17.6 Å². The number of carbonyl (C=O) groups is 1. The van der Waals surface area contributed by atoms with Crippen molar-refractivity contribution in [3.63, 3.8) is 0 Å². The first kappa shape index (κ1) is 22.8. The molecule has 3 aromatic rings. The Morgan fingerprint density at radius 1 is 1.06 bits per heavy atom. The average molecular weight is 454 g/mol. The quantitative estimate of drug-likeness (QED) is 0.402. The third kappa shape index (κ3) is 5.64. The summed E-state index contributed by atoms with van der Waals surface area (Å²) in [4.78, 5) is 12.3. The molecule has 0 unspecified atom stereocenters. The smallest absolute Gasteiger partial charge is 0.271 e. The molecule has 0 saturated heterocycles. The fourth-order valence-electron chi connectivity index (χ4n) is 2.95. The zero-order valence-corrected chi connectivity index (χ0v) is 18.4. The molecule has 0 saturated carbocycles. The molecule has 9 heteroatoms. The van der Waals surface area contributed by atoms with Crippen molar-refractivity contribution in [1.29, 1.82) is 0 Å². The fraction of sp³-hybridized carbons (Fsp3) is 0.130. The number of nitrogens with zero attached hydrogens (tertiary/aromatic N) is 2. The Morgan fingerprint density at radius 2 is 1.75 bits per heavy atom. The molecule has 2 N–H and O–H groups in total. The lowest BCUT2D eigenvalue weighted by molar-refractivity contribution is 0.0955. The first-order valence-corrected chi connectivity index (χ1v) is 11.5. The molecule has 0 aliphatic carbocycles. The number of benzene rings is 3. The van der Waals surface area contributed by atoms with Crippen molar-refractivity contribution in [3.8, 4) is 11.5 Å². The number of hydrogen-bond donors (Lipinski definition) is 2. The molecular formula is C23H23N3O5S. The number of anilines is 1. The van der Waals surface area contributed by atoms with Gasteiger partial charge in [0.15, 0.2) is 11.5 Å². The van der Waals surface area contributed by atoms with Gasteiger partial charge < -0.3 is 9.84 Å². The molecular weight excluding hydrogens is 430 g/mol. The van der Waals surface area contributed by atoms with E-state index >= 15 is 0 Å². The van der Waals surface area contributed by atoms with Gasteiger partial charge in [0, 0.05) is 11.1 Å². The number of ether oxygens (including phenoxy) is 1. The van der Waals surface area contributed by atoms with Crippen LogP contribution >= 0.6 is 0 Å². The predicted molar refractivity (Wildman–Crippen MR) is 124 cm³/mol. The maximum absolute atomic E-state index is 12.3. The van der Waals surface area contributed by atoms with Crippen LogP contribution in [0.4, 0.5) is 5.69 Å². The van der Waals surface area contributed by atoms with Gasteiger partial charge in [0.25, 0.3) is 5.91 Å². The number of hydrazone groups is 1. The highest BCUT2D eigenvalue weighted by atomic mass is 32.2. The number of nitrogens with one attached hydrogen (secondary N) is 1. The molecule has 3 aromatic carbocycles. The molecule has 32 heavy (non-hydrogen) atoms. The van der Waals surface area contributed by atoms with Crippen LogP contribution in [0.15, 0.2) is 77.9 Å². The number of phenols is 1. The third-order valence-corrected chi connectivity index (χ3v) is 5.75. The van der Waals surface area contributed by atoms with E-state index in [-0.39, 0.29) is 12.3 Å². The van der Waals surface area contributed by atoms with Crippen LogP contribution in [-0.2, 0) is 16.6 Å². The SMILES string of the molecule is COc1cccc(/C=N\NC(=O)c2ccc(CN(c3ccccc3)S(C)(=O)=O)cc2)c1O. The highest BCUT2D eigenvalue weighted by Crippen LogP contribution is 2.28.